The highest BCUT2D eigenvalue weighted by molar-refractivity contribution is 5.73. The van der Waals surface area contributed by atoms with Gasteiger partial charge in [0, 0.05) is 6.54 Å². The van der Waals surface area contributed by atoms with Gasteiger partial charge in [0.25, 0.3) is 0 Å². The maximum Gasteiger partial charge on any atom is 0.320 e. The van der Waals surface area contributed by atoms with Crippen LogP contribution in [0.15, 0.2) is 24.3 Å². The normalized spacial score (nSPS) is 24.8. The van der Waals surface area contributed by atoms with Crippen molar-refractivity contribution in [3.8, 4) is 0 Å². The van der Waals surface area contributed by atoms with E-state index in [0.717, 1.165) is 31.5 Å². The van der Waals surface area contributed by atoms with Crippen LogP contribution in [0.1, 0.15) is 37.2 Å². The van der Waals surface area contributed by atoms with Crippen LogP contribution in [0.25, 0.3) is 0 Å². The summed E-state index contributed by atoms with van der Waals surface area (Å²) in [6, 6.07) is 6.33. The van der Waals surface area contributed by atoms with Crippen molar-refractivity contribution in [2.24, 2.45) is 5.92 Å². The highest BCUT2D eigenvalue weighted by atomic mass is 19.1. The largest absolute Gasteiger partial charge is 0.480 e. The van der Waals surface area contributed by atoms with Crippen LogP contribution in [0.2, 0.25) is 0 Å². The Hall–Kier alpha value is -1.42. The summed E-state index contributed by atoms with van der Waals surface area (Å²) in [5, 5.41) is 9.41. The van der Waals surface area contributed by atoms with Crippen LogP contribution in [0.4, 0.5) is 4.39 Å². The van der Waals surface area contributed by atoms with Crippen LogP contribution in [0.3, 0.4) is 0 Å². The number of hydrogen-bond acceptors (Lipinski definition) is 2. The van der Waals surface area contributed by atoms with Gasteiger partial charge in [-0.3, -0.25) is 9.69 Å². The topological polar surface area (TPSA) is 40.5 Å². The standard InChI is InChI=1S/C16H20FNO2/c17-14-3-1-2-12(9-14)13-6-7-18(10-13)15(16(19)20)8-11-4-5-11/h1-3,9,11,13,15H,4-8,10H2,(H,19,20). The number of nitrogens with zero attached hydrogens (tertiary/aromatic N) is 1. The fourth-order valence-corrected chi connectivity index (χ4v) is 3.18. The van der Waals surface area contributed by atoms with E-state index in [-0.39, 0.29) is 17.8 Å². The van der Waals surface area contributed by atoms with Crippen molar-refractivity contribution in [3.05, 3.63) is 35.6 Å². The molecule has 2 atom stereocenters. The van der Waals surface area contributed by atoms with Crippen LogP contribution < -0.4 is 0 Å². The summed E-state index contributed by atoms with van der Waals surface area (Å²) in [7, 11) is 0. The number of aliphatic carboxylic acids is 1. The summed E-state index contributed by atoms with van der Waals surface area (Å²) in [5.74, 6) is -0.0680. The van der Waals surface area contributed by atoms with E-state index in [4.69, 9.17) is 0 Å². The van der Waals surface area contributed by atoms with Crippen molar-refractivity contribution in [1.82, 2.24) is 4.90 Å². The number of carboxylic acid groups (broad SMARTS) is 1. The second-order valence-corrected chi connectivity index (χ2v) is 6.07. The molecule has 1 aliphatic carbocycles. The molecule has 0 aromatic heterocycles. The summed E-state index contributed by atoms with van der Waals surface area (Å²) in [5.41, 5.74) is 0.989. The molecule has 0 spiro atoms. The van der Waals surface area contributed by atoms with Crippen molar-refractivity contribution in [2.75, 3.05) is 13.1 Å². The molecule has 1 aromatic rings. The highest BCUT2D eigenvalue weighted by Gasteiger charge is 2.36. The molecule has 1 heterocycles. The van der Waals surface area contributed by atoms with Gasteiger partial charge in [0.05, 0.1) is 0 Å². The number of rotatable bonds is 5. The Morgan fingerprint density at radius 3 is 2.85 bits per heavy atom. The molecule has 1 N–H and O–H groups in total. The zero-order valence-corrected chi connectivity index (χ0v) is 11.5. The fraction of sp³-hybridized carbons (Fsp3) is 0.562. The SMILES string of the molecule is O=C(O)C(CC1CC1)N1CCC(c2cccc(F)c2)C1. The van der Waals surface area contributed by atoms with E-state index in [1.54, 1.807) is 12.1 Å². The van der Waals surface area contributed by atoms with E-state index < -0.39 is 5.97 Å². The summed E-state index contributed by atoms with van der Waals surface area (Å²) >= 11 is 0. The Kier molecular flexibility index (Phi) is 3.74. The maximum atomic E-state index is 13.3. The third-order valence-corrected chi connectivity index (χ3v) is 4.52. The van der Waals surface area contributed by atoms with E-state index in [1.807, 2.05) is 6.07 Å². The molecule has 3 nitrogen and oxygen atoms in total. The van der Waals surface area contributed by atoms with Crippen LogP contribution in [-0.2, 0) is 4.79 Å². The van der Waals surface area contributed by atoms with Gasteiger partial charge in [-0.15, -0.1) is 0 Å². The number of benzene rings is 1. The van der Waals surface area contributed by atoms with E-state index >= 15 is 0 Å². The molecule has 2 aliphatic rings. The first-order chi connectivity index (χ1) is 9.63. The van der Waals surface area contributed by atoms with Crippen LogP contribution >= 0.6 is 0 Å². The number of halogens is 1. The second kappa shape index (κ2) is 5.52. The lowest BCUT2D eigenvalue weighted by atomic mass is 9.98. The average Bonchev–Trinajstić information content (AvgIpc) is 3.11. The minimum atomic E-state index is -0.711. The molecule has 20 heavy (non-hydrogen) atoms. The van der Waals surface area contributed by atoms with Crippen molar-refractivity contribution in [3.63, 3.8) is 0 Å². The summed E-state index contributed by atoms with van der Waals surface area (Å²) in [6.45, 7) is 1.53. The lowest BCUT2D eigenvalue weighted by Crippen LogP contribution is -2.40. The molecule has 4 heteroatoms. The smallest absolute Gasteiger partial charge is 0.320 e. The Bertz CT molecular complexity index is 501. The molecule has 1 aliphatic heterocycles. The van der Waals surface area contributed by atoms with Crippen LogP contribution in [0.5, 0.6) is 0 Å². The average molecular weight is 277 g/mol. The van der Waals surface area contributed by atoms with Crippen LogP contribution in [-0.4, -0.2) is 35.1 Å². The molecule has 3 rings (SSSR count). The number of carbonyl (C=O) groups is 1. The molecule has 2 unspecified atom stereocenters. The lowest BCUT2D eigenvalue weighted by molar-refractivity contribution is -0.143. The summed E-state index contributed by atoms with van der Waals surface area (Å²) < 4.78 is 13.3. The first-order valence-electron chi connectivity index (χ1n) is 7.36. The third-order valence-electron chi connectivity index (χ3n) is 4.52. The van der Waals surface area contributed by atoms with Gasteiger partial charge >= 0.3 is 5.97 Å². The molecule has 0 bridgehead atoms. The van der Waals surface area contributed by atoms with Gasteiger partial charge in [0.15, 0.2) is 0 Å². The van der Waals surface area contributed by atoms with E-state index in [0.29, 0.717) is 5.92 Å². The first-order valence-corrected chi connectivity index (χ1v) is 7.36. The first kappa shape index (κ1) is 13.6. The number of likely N-dealkylation sites (tertiary alicyclic amines) is 1. The minimum absolute atomic E-state index is 0.214. The van der Waals surface area contributed by atoms with Crippen molar-refractivity contribution >= 4 is 5.97 Å². The molecule has 1 aromatic carbocycles. The molecular weight excluding hydrogens is 257 g/mol. The monoisotopic (exact) mass is 277 g/mol. The van der Waals surface area contributed by atoms with Crippen molar-refractivity contribution in [2.45, 2.75) is 37.6 Å². The highest BCUT2D eigenvalue weighted by Crippen LogP contribution is 2.37. The van der Waals surface area contributed by atoms with Gasteiger partial charge in [-0.05, 0) is 48.9 Å². The zero-order valence-electron chi connectivity index (χ0n) is 11.5. The number of carboxylic acids is 1. The molecule has 0 amide bonds. The molecular formula is C16H20FNO2. The van der Waals surface area contributed by atoms with E-state index in [9.17, 15) is 14.3 Å². The molecule has 1 saturated carbocycles. The van der Waals surface area contributed by atoms with Crippen molar-refractivity contribution in [1.29, 1.82) is 0 Å². The van der Waals surface area contributed by atoms with Gasteiger partial charge in [-0.2, -0.15) is 0 Å². The molecule has 1 saturated heterocycles. The van der Waals surface area contributed by atoms with Gasteiger partial charge < -0.3 is 5.11 Å². The van der Waals surface area contributed by atoms with Gasteiger partial charge in [-0.25, -0.2) is 4.39 Å². The third kappa shape index (κ3) is 3.01. The Morgan fingerprint density at radius 2 is 2.20 bits per heavy atom. The quantitative estimate of drug-likeness (QED) is 0.899. The summed E-state index contributed by atoms with van der Waals surface area (Å²) in [6.07, 6.45) is 4.03. The fourth-order valence-electron chi connectivity index (χ4n) is 3.18. The minimum Gasteiger partial charge on any atom is -0.480 e. The summed E-state index contributed by atoms with van der Waals surface area (Å²) in [4.78, 5) is 13.5. The molecule has 108 valence electrons. The van der Waals surface area contributed by atoms with Crippen molar-refractivity contribution < 1.29 is 14.3 Å². The lowest BCUT2D eigenvalue weighted by Gasteiger charge is -2.24. The Balaban J connectivity index is 1.66. The Labute approximate surface area is 118 Å². The molecule has 2 fully saturated rings. The van der Waals surface area contributed by atoms with E-state index in [1.165, 1.54) is 18.9 Å². The predicted molar refractivity (Wildman–Crippen MR) is 74.1 cm³/mol. The maximum absolute atomic E-state index is 13.3. The zero-order chi connectivity index (χ0) is 14.1. The van der Waals surface area contributed by atoms with Gasteiger partial charge in [0.2, 0.25) is 0 Å². The predicted octanol–water partition coefficient (Wildman–Crippen LogP) is 2.87. The van der Waals surface area contributed by atoms with E-state index in [2.05, 4.69) is 4.90 Å². The number of hydrogen-bond donors (Lipinski definition) is 1. The Morgan fingerprint density at radius 1 is 1.40 bits per heavy atom. The van der Waals surface area contributed by atoms with Gasteiger partial charge in [-0.1, -0.05) is 25.0 Å². The second-order valence-electron chi connectivity index (χ2n) is 6.07. The van der Waals surface area contributed by atoms with Crippen LogP contribution in [0, 0.1) is 11.7 Å². The molecule has 0 radical (unpaired) electrons. The van der Waals surface area contributed by atoms with Gasteiger partial charge in [0.1, 0.15) is 11.9 Å².